The number of nitrogens with zero attached hydrogens (tertiary/aromatic N) is 1. The zero-order valence-electron chi connectivity index (χ0n) is 11.3. The van der Waals surface area contributed by atoms with Gasteiger partial charge in [-0.1, -0.05) is 33.1 Å². The Morgan fingerprint density at radius 1 is 1.25 bits per heavy atom. The van der Waals surface area contributed by atoms with Gasteiger partial charge in [-0.15, -0.1) is 0 Å². The molecule has 0 amide bonds. The fourth-order valence-electron chi connectivity index (χ4n) is 2.96. The average Bonchev–Trinajstić information content (AvgIpc) is 2.53. The smallest absolute Gasteiger partial charge is 0.00927 e. The molecule has 0 aromatic heterocycles. The summed E-state index contributed by atoms with van der Waals surface area (Å²) < 4.78 is 0. The quantitative estimate of drug-likeness (QED) is 0.754. The lowest BCUT2D eigenvalue weighted by Gasteiger charge is -2.32. The summed E-state index contributed by atoms with van der Waals surface area (Å²) in [6, 6.07) is 0.827. The summed E-state index contributed by atoms with van der Waals surface area (Å²) in [6.45, 7) is 8.00. The lowest BCUT2D eigenvalue weighted by atomic mass is 10.0. The minimum Gasteiger partial charge on any atom is -0.330 e. The first-order valence-electron chi connectivity index (χ1n) is 7.25. The van der Waals surface area contributed by atoms with Gasteiger partial charge in [-0.2, -0.15) is 0 Å². The first kappa shape index (κ1) is 14.0. The average molecular weight is 226 g/mol. The Hall–Kier alpha value is -0.0800. The summed E-state index contributed by atoms with van der Waals surface area (Å²) in [5.74, 6) is 0.720. The maximum Gasteiger partial charge on any atom is 0.00927 e. The van der Waals surface area contributed by atoms with Crippen LogP contribution in [0.25, 0.3) is 0 Å². The van der Waals surface area contributed by atoms with Crippen LogP contribution in [0.4, 0.5) is 0 Å². The van der Waals surface area contributed by atoms with Gasteiger partial charge in [-0.3, -0.25) is 0 Å². The molecular formula is C14H30N2. The summed E-state index contributed by atoms with van der Waals surface area (Å²) in [5, 5.41) is 0. The van der Waals surface area contributed by atoms with E-state index in [2.05, 4.69) is 18.7 Å². The fourth-order valence-corrected chi connectivity index (χ4v) is 2.96. The van der Waals surface area contributed by atoms with Gasteiger partial charge in [-0.25, -0.2) is 0 Å². The predicted octanol–water partition coefficient (Wildman–Crippen LogP) is 3.02. The van der Waals surface area contributed by atoms with Crippen molar-refractivity contribution in [3.8, 4) is 0 Å². The SMILES string of the molecule is CCCC(CN)CN1CCCCCC1CC. The lowest BCUT2D eigenvalue weighted by Crippen LogP contribution is -2.39. The molecule has 0 saturated carbocycles. The second kappa shape index (κ2) is 8.08. The first-order valence-corrected chi connectivity index (χ1v) is 7.25. The summed E-state index contributed by atoms with van der Waals surface area (Å²) in [4.78, 5) is 2.72. The van der Waals surface area contributed by atoms with Gasteiger partial charge in [0, 0.05) is 12.6 Å². The van der Waals surface area contributed by atoms with Gasteiger partial charge in [0.05, 0.1) is 0 Å². The highest BCUT2D eigenvalue weighted by atomic mass is 15.2. The van der Waals surface area contributed by atoms with E-state index in [4.69, 9.17) is 5.73 Å². The lowest BCUT2D eigenvalue weighted by molar-refractivity contribution is 0.162. The zero-order valence-corrected chi connectivity index (χ0v) is 11.3. The second-order valence-corrected chi connectivity index (χ2v) is 5.30. The second-order valence-electron chi connectivity index (χ2n) is 5.30. The van der Waals surface area contributed by atoms with Gasteiger partial charge in [0.25, 0.3) is 0 Å². The predicted molar refractivity (Wildman–Crippen MR) is 71.6 cm³/mol. The minimum absolute atomic E-state index is 0.720. The maximum absolute atomic E-state index is 5.88. The summed E-state index contributed by atoms with van der Waals surface area (Å²) in [6.07, 6.45) is 9.52. The molecule has 0 aromatic carbocycles. The highest BCUT2D eigenvalue weighted by Crippen LogP contribution is 2.21. The van der Waals surface area contributed by atoms with Crippen molar-refractivity contribution < 1.29 is 0 Å². The van der Waals surface area contributed by atoms with Gasteiger partial charge in [0.2, 0.25) is 0 Å². The van der Waals surface area contributed by atoms with Crippen LogP contribution in [0.1, 0.15) is 58.8 Å². The number of nitrogens with two attached hydrogens (primary N) is 1. The van der Waals surface area contributed by atoms with Crippen LogP contribution >= 0.6 is 0 Å². The van der Waals surface area contributed by atoms with Gasteiger partial charge in [0.1, 0.15) is 0 Å². The molecule has 1 saturated heterocycles. The number of hydrogen-bond acceptors (Lipinski definition) is 2. The van der Waals surface area contributed by atoms with Crippen LogP contribution in [0.2, 0.25) is 0 Å². The molecule has 1 heterocycles. The molecule has 0 spiro atoms. The molecule has 1 fully saturated rings. The Morgan fingerprint density at radius 2 is 2.06 bits per heavy atom. The molecule has 1 aliphatic rings. The third kappa shape index (κ3) is 4.42. The Morgan fingerprint density at radius 3 is 2.69 bits per heavy atom. The summed E-state index contributed by atoms with van der Waals surface area (Å²) in [7, 11) is 0. The molecule has 0 aromatic rings. The summed E-state index contributed by atoms with van der Waals surface area (Å²) >= 11 is 0. The molecular weight excluding hydrogens is 196 g/mol. The highest BCUT2D eigenvalue weighted by Gasteiger charge is 2.21. The number of likely N-dealkylation sites (tertiary alicyclic amines) is 1. The number of hydrogen-bond donors (Lipinski definition) is 1. The molecule has 2 N–H and O–H groups in total. The Kier molecular flexibility index (Phi) is 7.06. The Bertz CT molecular complexity index is 170. The van der Waals surface area contributed by atoms with Crippen molar-refractivity contribution in [1.29, 1.82) is 0 Å². The van der Waals surface area contributed by atoms with Crippen LogP contribution in [-0.4, -0.2) is 30.6 Å². The molecule has 0 bridgehead atoms. The molecule has 2 nitrogen and oxygen atoms in total. The molecule has 2 heteroatoms. The van der Waals surface area contributed by atoms with Crippen molar-refractivity contribution in [2.45, 2.75) is 64.8 Å². The molecule has 1 rings (SSSR count). The summed E-state index contributed by atoms with van der Waals surface area (Å²) in [5.41, 5.74) is 5.88. The van der Waals surface area contributed by atoms with Crippen molar-refractivity contribution in [1.82, 2.24) is 4.90 Å². The van der Waals surface area contributed by atoms with Gasteiger partial charge in [0.15, 0.2) is 0 Å². The van der Waals surface area contributed by atoms with Gasteiger partial charge < -0.3 is 10.6 Å². The standard InChI is InChI=1S/C14H30N2/c1-3-8-13(11-15)12-16-10-7-5-6-9-14(16)4-2/h13-14H,3-12,15H2,1-2H3. The van der Waals surface area contributed by atoms with Crippen LogP contribution in [0, 0.1) is 5.92 Å². The molecule has 0 radical (unpaired) electrons. The molecule has 2 atom stereocenters. The largest absolute Gasteiger partial charge is 0.330 e. The number of rotatable bonds is 6. The molecule has 96 valence electrons. The normalized spacial score (nSPS) is 25.3. The minimum atomic E-state index is 0.720. The van der Waals surface area contributed by atoms with E-state index < -0.39 is 0 Å². The van der Waals surface area contributed by atoms with Crippen LogP contribution in [-0.2, 0) is 0 Å². The third-order valence-electron chi connectivity index (χ3n) is 3.99. The van der Waals surface area contributed by atoms with Crippen molar-refractivity contribution in [3.63, 3.8) is 0 Å². The van der Waals surface area contributed by atoms with E-state index in [1.165, 1.54) is 58.0 Å². The topological polar surface area (TPSA) is 29.3 Å². The highest BCUT2D eigenvalue weighted by molar-refractivity contribution is 4.77. The van der Waals surface area contributed by atoms with Crippen molar-refractivity contribution in [2.24, 2.45) is 11.7 Å². The third-order valence-corrected chi connectivity index (χ3v) is 3.99. The molecule has 2 unspecified atom stereocenters. The maximum atomic E-state index is 5.88. The van der Waals surface area contributed by atoms with Gasteiger partial charge in [-0.05, 0) is 44.7 Å². The van der Waals surface area contributed by atoms with Crippen LogP contribution in [0.15, 0.2) is 0 Å². The molecule has 1 aliphatic heterocycles. The fraction of sp³-hybridized carbons (Fsp3) is 1.00. The Balaban J connectivity index is 2.46. The van der Waals surface area contributed by atoms with Crippen LogP contribution < -0.4 is 5.73 Å². The van der Waals surface area contributed by atoms with E-state index in [1.807, 2.05) is 0 Å². The van der Waals surface area contributed by atoms with E-state index >= 15 is 0 Å². The monoisotopic (exact) mass is 226 g/mol. The van der Waals surface area contributed by atoms with E-state index in [1.54, 1.807) is 0 Å². The van der Waals surface area contributed by atoms with E-state index in [0.29, 0.717) is 0 Å². The van der Waals surface area contributed by atoms with Crippen molar-refractivity contribution >= 4 is 0 Å². The Labute approximate surface area is 102 Å². The van der Waals surface area contributed by atoms with E-state index in [0.717, 1.165) is 18.5 Å². The van der Waals surface area contributed by atoms with Gasteiger partial charge >= 0.3 is 0 Å². The van der Waals surface area contributed by atoms with E-state index in [-0.39, 0.29) is 0 Å². The van der Waals surface area contributed by atoms with E-state index in [9.17, 15) is 0 Å². The van der Waals surface area contributed by atoms with Crippen LogP contribution in [0.3, 0.4) is 0 Å². The molecule has 16 heavy (non-hydrogen) atoms. The van der Waals surface area contributed by atoms with Crippen LogP contribution in [0.5, 0.6) is 0 Å². The zero-order chi connectivity index (χ0) is 11.8. The van der Waals surface area contributed by atoms with Crippen molar-refractivity contribution in [2.75, 3.05) is 19.6 Å². The first-order chi connectivity index (χ1) is 7.81. The molecule has 0 aliphatic carbocycles. The van der Waals surface area contributed by atoms with Crippen molar-refractivity contribution in [3.05, 3.63) is 0 Å².